The molecule has 0 amide bonds. The summed E-state index contributed by atoms with van der Waals surface area (Å²) in [6.45, 7) is 5.28. The maximum absolute atomic E-state index is 5.51. The molecule has 0 aliphatic carbocycles. The van der Waals surface area contributed by atoms with E-state index in [0.717, 1.165) is 13.2 Å². The molecule has 10 heavy (non-hydrogen) atoms. The fourth-order valence-electron chi connectivity index (χ4n) is 1.49. The normalized spacial score (nSPS) is 28.8. The van der Waals surface area contributed by atoms with Gasteiger partial charge in [0.15, 0.2) is 0 Å². The molecule has 1 aliphatic rings. The van der Waals surface area contributed by atoms with Crippen LogP contribution in [0.5, 0.6) is 0 Å². The monoisotopic (exact) mass is 143 g/mol. The summed E-state index contributed by atoms with van der Waals surface area (Å²) in [5, 5.41) is 0. The number of nitrogens with zero attached hydrogens (tertiary/aromatic N) is 1. The molecule has 2 heteroatoms. The Hall–Kier alpha value is -0.0800. The van der Waals surface area contributed by atoms with E-state index in [9.17, 15) is 0 Å². The van der Waals surface area contributed by atoms with Crippen molar-refractivity contribution in [2.75, 3.05) is 26.7 Å². The molecule has 60 valence electrons. The van der Waals surface area contributed by atoms with Crippen molar-refractivity contribution in [2.45, 2.75) is 25.9 Å². The van der Waals surface area contributed by atoms with Gasteiger partial charge in [-0.1, -0.05) is 0 Å². The first-order chi connectivity index (χ1) is 4.83. The maximum atomic E-state index is 5.51. The number of likely N-dealkylation sites (N-methyl/N-ethyl adjacent to an activating group) is 1. The van der Waals surface area contributed by atoms with E-state index in [1.165, 1.54) is 19.4 Å². The van der Waals surface area contributed by atoms with E-state index in [-0.39, 0.29) is 0 Å². The van der Waals surface area contributed by atoms with Gasteiger partial charge in [-0.2, -0.15) is 0 Å². The van der Waals surface area contributed by atoms with Crippen LogP contribution < -0.4 is 0 Å². The van der Waals surface area contributed by atoms with Crippen molar-refractivity contribution < 1.29 is 4.74 Å². The molecule has 1 rings (SSSR count). The molecule has 1 saturated heterocycles. The van der Waals surface area contributed by atoms with Gasteiger partial charge in [0, 0.05) is 13.2 Å². The molecule has 0 aromatic rings. The molecule has 1 atom stereocenters. The van der Waals surface area contributed by atoms with Crippen LogP contribution in [0.15, 0.2) is 0 Å². The second-order valence-corrected chi connectivity index (χ2v) is 2.98. The van der Waals surface area contributed by atoms with E-state index in [2.05, 4.69) is 18.9 Å². The summed E-state index contributed by atoms with van der Waals surface area (Å²) in [6.07, 6.45) is 3.04. The highest BCUT2D eigenvalue weighted by Gasteiger charge is 2.16. The van der Waals surface area contributed by atoms with Gasteiger partial charge in [0.05, 0.1) is 6.10 Å². The molecule has 1 fully saturated rings. The number of piperidine rings is 1. The predicted octanol–water partition coefficient (Wildman–Crippen LogP) is 1.12. The average molecular weight is 143 g/mol. The number of hydrogen-bond donors (Lipinski definition) is 0. The Labute approximate surface area is 63.2 Å². The van der Waals surface area contributed by atoms with Gasteiger partial charge in [-0.3, -0.25) is 0 Å². The Balaban J connectivity index is 2.18. The topological polar surface area (TPSA) is 12.5 Å². The van der Waals surface area contributed by atoms with Crippen molar-refractivity contribution in [1.82, 2.24) is 4.90 Å². The van der Waals surface area contributed by atoms with Gasteiger partial charge in [-0.25, -0.2) is 0 Å². The van der Waals surface area contributed by atoms with E-state index in [4.69, 9.17) is 4.74 Å². The first kappa shape index (κ1) is 8.02. The van der Waals surface area contributed by atoms with Crippen molar-refractivity contribution in [2.24, 2.45) is 0 Å². The van der Waals surface area contributed by atoms with Crippen LogP contribution in [-0.2, 0) is 4.74 Å². The average Bonchev–Trinajstić information content (AvgIpc) is 1.88. The molecule has 0 N–H and O–H groups in total. The van der Waals surface area contributed by atoms with E-state index in [0.29, 0.717) is 6.10 Å². The van der Waals surface area contributed by atoms with Gasteiger partial charge in [0.1, 0.15) is 0 Å². The smallest absolute Gasteiger partial charge is 0.0702 e. The minimum Gasteiger partial charge on any atom is -0.377 e. The molecule has 0 saturated carbocycles. The lowest BCUT2D eigenvalue weighted by atomic mass is 10.1. The van der Waals surface area contributed by atoms with Crippen molar-refractivity contribution in [3.63, 3.8) is 0 Å². The maximum Gasteiger partial charge on any atom is 0.0702 e. The molecule has 0 unspecified atom stereocenters. The van der Waals surface area contributed by atoms with Crippen LogP contribution in [0.1, 0.15) is 19.8 Å². The van der Waals surface area contributed by atoms with Crippen LogP contribution in [0.2, 0.25) is 0 Å². The minimum absolute atomic E-state index is 0.503. The summed E-state index contributed by atoms with van der Waals surface area (Å²) in [5.41, 5.74) is 0. The van der Waals surface area contributed by atoms with Gasteiger partial charge < -0.3 is 9.64 Å². The van der Waals surface area contributed by atoms with Crippen LogP contribution in [0.25, 0.3) is 0 Å². The van der Waals surface area contributed by atoms with Crippen molar-refractivity contribution in [3.8, 4) is 0 Å². The van der Waals surface area contributed by atoms with Crippen molar-refractivity contribution >= 4 is 0 Å². The Morgan fingerprint density at radius 3 is 3.00 bits per heavy atom. The van der Waals surface area contributed by atoms with Gasteiger partial charge >= 0.3 is 0 Å². The van der Waals surface area contributed by atoms with Gasteiger partial charge in [-0.15, -0.1) is 0 Å². The summed E-state index contributed by atoms with van der Waals surface area (Å²) >= 11 is 0. The molecular formula is C8H17NO. The number of rotatable bonds is 2. The molecule has 2 nitrogen and oxygen atoms in total. The lowest BCUT2D eigenvalue weighted by Crippen LogP contribution is -2.36. The fraction of sp³-hybridized carbons (Fsp3) is 1.00. The van der Waals surface area contributed by atoms with Gasteiger partial charge in [0.25, 0.3) is 0 Å². The van der Waals surface area contributed by atoms with Crippen molar-refractivity contribution in [1.29, 1.82) is 0 Å². The Morgan fingerprint density at radius 2 is 2.40 bits per heavy atom. The van der Waals surface area contributed by atoms with E-state index in [1.54, 1.807) is 0 Å². The number of likely N-dealkylation sites (tertiary alicyclic amines) is 1. The highest BCUT2D eigenvalue weighted by Crippen LogP contribution is 2.10. The zero-order valence-corrected chi connectivity index (χ0v) is 6.97. The quantitative estimate of drug-likeness (QED) is 0.574. The SMILES string of the molecule is CCO[C@H]1CCCN(C)C1. The van der Waals surface area contributed by atoms with Gasteiger partial charge in [0.2, 0.25) is 0 Å². The fourth-order valence-corrected chi connectivity index (χ4v) is 1.49. The van der Waals surface area contributed by atoms with Crippen LogP contribution in [-0.4, -0.2) is 37.7 Å². The number of ether oxygens (including phenoxy) is 1. The molecule has 0 aromatic heterocycles. The highest BCUT2D eigenvalue weighted by atomic mass is 16.5. The van der Waals surface area contributed by atoms with E-state index in [1.807, 2.05) is 0 Å². The van der Waals surface area contributed by atoms with Crippen LogP contribution in [0.3, 0.4) is 0 Å². The molecule has 1 aliphatic heterocycles. The lowest BCUT2D eigenvalue weighted by Gasteiger charge is -2.29. The Bertz CT molecular complexity index is 93.3. The molecule has 0 spiro atoms. The minimum atomic E-state index is 0.503. The third kappa shape index (κ3) is 2.27. The first-order valence-electron chi connectivity index (χ1n) is 4.13. The molecule has 0 bridgehead atoms. The zero-order chi connectivity index (χ0) is 7.40. The number of hydrogen-bond acceptors (Lipinski definition) is 2. The highest BCUT2D eigenvalue weighted by molar-refractivity contribution is 4.69. The lowest BCUT2D eigenvalue weighted by molar-refractivity contribution is 0.0133. The third-order valence-electron chi connectivity index (χ3n) is 1.98. The second-order valence-electron chi connectivity index (χ2n) is 2.98. The third-order valence-corrected chi connectivity index (χ3v) is 1.98. The summed E-state index contributed by atoms with van der Waals surface area (Å²) < 4.78 is 5.51. The summed E-state index contributed by atoms with van der Waals surface area (Å²) in [6, 6.07) is 0. The van der Waals surface area contributed by atoms with Crippen LogP contribution in [0.4, 0.5) is 0 Å². The summed E-state index contributed by atoms with van der Waals surface area (Å²) in [4.78, 5) is 2.34. The summed E-state index contributed by atoms with van der Waals surface area (Å²) in [7, 11) is 2.16. The standard InChI is InChI=1S/C8H17NO/c1-3-10-8-5-4-6-9(2)7-8/h8H,3-7H2,1-2H3/t8-/m0/s1. The van der Waals surface area contributed by atoms with E-state index < -0.39 is 0 Å². The van der Waals surface area contributed by atoms with Crippen LogP contribution >= 0.6 is 0 Å². The Kier molecular flexibility index (Phi) is 3.16. The Morgan fingerprint density at radius 1 is 1.60 bits per heavy atom. The summed E-state index contributed by atoms with van der Waals surface area (Å²) in [5.74, 6) is 0. The van der Waals surface area contributed by atoms with Crippen LogP contribution in [0, 0.1) is 0 Å². The molecule has 1 heterocycles. The van der Waals surface area contributed by atoms with Crippen molar-refractivity contribution in [3.05, 3.63) is 0 Å². The first-order valence-corrected chi connectivity index (χ1v) is 4.13. The molecule has 0 radical (unpaired) electrons. The predicted molar refractivity (Wildman–Crippen MR) is 42.1 cm³/mol. The zero-order valence-electron chi connectivity index (χ0n) is 6.97. The van der Waals surface area contributed by atoms with Gasteiger partial charge in [-0.05, 0) is 33.4 Å². The largest absolute Gasteiger partial charge is 0.377 e. The molecular weight excluding hydrogens is 126 g/mol. The molecule has 0 aromatic carbocycles. The van der Waals surface area contributed by atoms with E-state index >= 15 is 0 Å². The second kappa shape index (κ2) is 3.94.